The van der Waals surface area contributed by atoms with Gasteiger partial charge in [-0.3, -0.25) is 14.9 Å². The zero-order valence-electron chi connectivity index (χ0n) is 24.5. The Morgan fingerprint density at radius 3 is 2.82 bits per heavy atom. The summed E-state index contributed by atoms with van der Waals surface area (Å²) in [6.07, 6.45) is 12.2. The van der Waals surface area contributed by atoms with Gasteiger partial charge in [0.1, 0.15) is 11.4 Å². The van der Waals surface area contributed by atoms with Crippen molar-refractivity contribution in [2.45, 2.75) is 19.3 Å². The van der Waals surface area contributed by atoms with E-state index in [9.17, 15) is 4.79 Å². The van der Waals surface area contributed by atoms with Crippen molar-refractivity contribution in [1.29, 1.82) is 0 Å². The van der Waals surface area contributed by atoms with Crippen molar-refractivity contribution in [2.75, 3.05) is 32.1 Å². The van der Waals surface area contributed by atoms with Crippen LogP contribution < -0.4 is 31.3 Å². The standard InChI is InChI=1S/C34H34N8O2/c1-44-25-5-2-4-22(18-25)26-6-3-7-30-32(26)40-34(39-30)33-27-12-15-37-28(8-9-29(27)41-42-33)23-17-24(20-36-19-23)38-31(43)16-21-10-13-35-14-11-21/h2-9,12,17-21,35,37,41H,10-11,13-16H2,1H3,(H,38,43)(H,39,40)/b27-12-,28-8-,29-9+. The number of rotatable bonds is 7. The fourth-order valence-electron chi connectivity index (χ4n) is 5.95. The van der Waals surface area contributed by atoms with E-state index in [1.807, 2.05) is 48.6 Å². The number of benzene rings is 2. The van der Waals surface area contributed by atoms with Gasteiger partial charge in [0.05, 0.1) is 35.4 Å². The van der Waals surface area contributed by atoms with Gasteiger partial charge < -0.3 is 25.7 Å². The molecule has 5 heterocycles. The Labute approximate surface area is 254 Å². The number of fused-ring (bicyclic) bond motifs is 2. The van der Waals surface area contributed by atoms with E-state index in [1.54, 1.807) is 19.5 Å². The maximum atomic E-state index is 12.7. The van der Waals surface area contributed by atoms with E-state index < -0.39 is 0 Å². The summed E-state index contributed by atoms with van der Waals surface area (Å²) in [6.45, 7) is 2.53. The molecule has 0 atom stereocenters. The molecule has 222 valence electrons. The number of imidazole rings is 1. The van der Waals surface area contributed by atoms with E-state index in [2.05, 4.69) is 54.3 Å². The monoisotopic (exact) mass is 586 g/mol. The number of H-pyrrole nitrogens is 2. The number of aromatic amines is 2. The van der Waals surface area contributed by atoms with Crippen LogP contribution in [0.3, 0.4) is 0 Å². The first-order valence-corrected chi connectivity index (χ1v) is 14.9. The van der Waals surface area contributed by atoms with Crippen LogP contribution in [0.4, 0.5) is 5.69 Å². The van der Waals surface area contributed by atoms with Crippen LogP contribution in [0.15, 0.2) is 67.0 Å². The molecule has 2 aromatic carbocycles. The van der Waals surface area contributed by atoms with Crippen LogP contribution in [0.5, 0.6) is 5.75 Å². The SMILES string of the molecule is COc1cccc(-c2cccc3[nH]c(-c4n[nH]c5/c4=C/CN/C(c4cncc(NC(=O)CC6CCNCC6)c4)=C\C=5)nc23)c1. The first kappa shape index (κ1) is 27.6. The smallest absolute Gasteiger partial charge is 0.224 e. The van der Waals surface area contributed by atoms with Crippen molar-refractivity contribution in [3.05, 3.63) is 83.1 Å². The van der Waals surface area contributed by atoms with E-state index in [-0.39, 0.29) is 5.91 Å². The Morgan fingerprint density at radius 2 is 1.93 bits per heavy atom. The molecule has 5 aromatic rings. The maximum Gasteiger partial charge on any atom is 0.224 e. The third-order valence-corrected chi connectivity index (χ3v) is 8.23. The molecule has 1 saturated heterocycles. The molecule has 1 fully saturated rings. The van der Waals surface area contributed by atoms with Crippen LogP contribution in [0.2, 0.25) is 0 Å². The van der Waals surface area contributed by atoms with Gasteiger partial charge in [0.2, 0.25) is 5.91 Å². The summed E-state index contributed by atoms with van der Waals surface area (Å²) in [4.78, 5) is 25.5. The molecular weight excluding hydrogens is 552 g/mol. The number of allylic oxidation sites excluding steroid dienone is 1. The van der Waals surface area contributed by atoms with Gasteiger partial charge in [-0.25, -0.2) is 4.98 Å². The Kier molecular flexibility index (Phi) is 7.64. The normalized spacial score (nSPS) is 17.9. The Hall–Kier alpha value is -5.22. The van der Waals surface area contributed by atoms with Crippen LogP contribution in [0.1, 0.15) is 24.8 Å². The lowest BCUT2D eigenvalue weighted by molar-refractivity contribution is -0.117. The minimum absolute atomic E-state index is 0.0335. The average Bonchev–Trinajstić information content (AvgIpc) is 3.65. The molecule has 0 spiro atoms. The molecule has 0 aliphatic carbocycles. The predicted octanol–water partition coefficient (Wildman–Crippen LogP) is 3.56. The van der Waals surface area contributed by atoms with Gasteiger partial charge in [-0.1, -0.05) is 30.3 Å². The summed E-state index contributed by atoms with van der Waals surface area (Å²) in [7, 11) is 1.67. The van der Waals surface area contributed by atoms with Gasteiger partial charge in [-0.15, -0.1) is 0 Å². The number of nitrogens with one attached hydrogen (secondary N) is 5. The number of ether oxygens (including phenoxy) is 1. The fraction of sp³-hybridized carbons (Fsp3) is 0.235. The fourth-order valence-corrected chi connectivity index (χ4v) is 5.95. The number of carbonyl (C=O) groups excluding carboxylic acids is 1. The van der Waals surface area contributed by atoms with Crippen LogP contribution in [-0.2, 0) is 4.79 Å². The number of hydrogen-bond acceptors (Lipinski definition) is 7. The van der Waals surface area contributed by atoms with E-state index in [0.29, 0.717) is 30.4 Å². The predicted molar refractivity (Wildman–Crippen MR) is 173 cm³/mol. The largest absolute Gasteiger partial charge is 0.497 e. The Morgan fingerprint density at radius 1 is 1.05 bits per heavy atom. The molecule has 10 nitrogen and oxygen atoms in total. The Bertz CT molecular complexity index is 1980. The number of methoxy groups -OCH3 is 1. The maximum absolute atomic E-state index is 12.7. The van der Waals surface area contributed by atoms with Crippen molar-refractivity contribution < 1.29 is 9.53 Å². The summed E-state index contributed by atoms with van der Waals surface area (Å²) in [5, 5.41) is 19.6. The molecule has 0 unspecified atom stereocenters. The van der Waals surface area contributed by atoms with Gasteiger partial charge in [0.25, 0.3) is 0 Å². The van der Waals surface area contributed by atoms with Gasteiger partial charge in [0.15, 0.2) is 5.82 Å². The van der Waals surface area contributed by atoms with Gasteiger partial charge in [0, 0.05) is 41.2 Å². The number of anilines is 1. The molecular formula is C34H34N8O2. The van der Waals surface area contributed by atoms with Gasteiger partial charge in [-0.2, -0.15) is 5.10 Å². The van der Waals surface area contributed by atoms with Crippen LogP contribution in [-0.4, -0.2) is 57.8 Å². The van der Waals surface area contributed by atoms with Gasteiger partial charge in [-0.05, 0) is 73.8 Å². The third kappa shape index (κ3) is 5.71. The second-order valence-electron chi connectivity index (χ2n) is 11.2. The zero-order chi connectivity index (χ0) is 29.9. The molecule has 3 aromatic heterocycles. The second-order valence-corrected chi connectivity index (χ2v) is 11.2. The number of carbonyl (C=O) groups is 1. The minimum atomic E-state index is 0.0335. The lowest BCUT2D eigenvalue weighted by atomic mass is 9.94. The van der Waals surface area contributed by atoms with Crippen molar-refractivity contribution in [3.63, 3.8) is 0 Å². The van der Waals surface area contributed by atoms with Crippen molar-refractivity contribution in [2.24, 2.45) is 5.92 Å². The molecule has 0 saturated carbocycles. The van der Waals surface area contributed by atoms with Crippen molar-refractivity contribution >= 4 is 40.5 Å². The molecule has 5 N–H and O–H groups in total. The van der Waals surface area contributed by atoms with Crippen LogP contribution >= 0.6 is 0 Å². The minimum Gasteiger partial charge on any atom is -0.497 e. The summed E-state index contributed by atoms with van der Waals surface area (Å²) >= 11 is 0. The van der Waals surface area contributed by atoms with Crippen LogP contribution in [0.25, 0.3) is 51.5 Å². The van der Waals surface area contributed by atoms with E-state index in [4.69, 9.17) is 9.72 Å². The van der Waals surface area contributed by atoms with E-state index in [1.165, 1.54) is 0 Å². The number of aromatic nitrogens is 5. The molecule has 1 amide bonds. The topological polar surface area (TPSA) is 133 Å². The second kappa shape index (κ2) is 12.2. The molecule has 0 radical (unpaired) electrons. The summed E-state index contributed by atoms with van der Waals surface area (Å²) in [5.74, 6) is 1.95. The molecule has 0 bridgehead atoms. The highest BCUT2D eigenvalue weighted by atomic mass is 16.5. The van der Waals surface area contributed by atoms with E-state index in [0.717, 1.165) is 81.4 Å². The number of amides is 1. The first-order chi connectivity index (χ1) is 21.6. The van der Waals surface area contributed by atoms with Crippen molar-refractivity contribution in [3.8, 4) is 28.4 Å². The quantitative estimate of drug-likeness (QED) is 0.197. The average molecular weight is 587 g/mol. The number of para-hydroxylation sites is 1. The van der Waals surface area contributed by atoms with Crippen LogP contribution in [0, 0.1) is 5.92 Å². The highest BCUT2D eigenvalue weighted by Gasteiger charge is 2.18. The van der Waals surface area contributed by atoms with Crippen molar-refractivity contribution in [1.82, 2.24) is 35.8 Å². The number of hydrogen-bond donors (Lipinski definition) is 5. The molecule has 44 heavy (non-hydrogen) atoms. The van der Waals surface area contributed by atoms with E-state index >= 15 is 0 Å². The zero-order valence-corrected chi connectivity index (χ0v) is 24.5. The highest BCUT2D eigenvalue weighted by Crippen LogP contribution is 2.30. The molecule has 7 rings (SSSR count). The Balaban J connectivity index is 1.15. The molecule has 2 aliphatic heterocycles. The number of piperidine rings is 1. The lowest BCUT2D eigenvalue weighted by Crippen LogP contribution is -2.30. The molecule has 2 aliphatic rings. The lowest BCUT2D eigenvalue weighted by Gasteiger charge is -2.22. The third-order valence-electron chi connectivity index (χ3n) is 8.23. The number of pyridine rings is 1. The first-order valence-electron chi connectivity index (χ1n) is 14.9. The molecule has 10 heteroatoms. The summed E-state index contributed by atoms with van der Waals surface area (Å²) in [5.41, 5.74) is 7.09. The number of nitrogens with zero attached hydrogens (tertiary/aromatic N) is 3. The summed E-state index contributed by atoms with van der Waals surface area (Å²) in [6, 6.07) is 16.1. The summed E-state index contributed by atoms with van der Waals surface area (Å²) < 4.78 is 5.44. The highest BCUT2D eigenvalue weighted by molar-refractivity contribution is 5.94. The van der Waals surface area contributed by atoms with Gasteiger partial charge >= 0.3 is 0 Å².